The molecule has 1 aromatic carbocycles. The molecule has 2 amide bonds. The van der Waals surface area contributed by atoms with E-state index in [1.165, 1.54) is 0 Å². The molecule has 1 aromatic heterocycles. The molecule has 4 atom stereocenters. The van der Waals surface area contributed by atoms with Crippen molar-refractivity contribution in [3.05, 3.63) is 45.6 Å². The third-order valence-electron chi connectivity index (χ3n) is 5.22. The average molecular weight is 662 g/mol. The third-order valence-corrected chi connectivity index (χ3v) is 8.13. The van der Waals surface area contributed by atoms with E-state index in [2.05, 4.69) is 41.9 Å². The number of halogens is 1. The summed E-state index contributed by atoms with van der Waals surface area (Å²) in [6, 6.07) is 5.36. The van der Waals surface area contributed by atoms with Crippen LogP contribution in [0.3, 0.4) is 0 Å². The summed E-state index contributed by atoms with van der Waals surface area (Å²) in [7, 11) is 0. The monoisotopic (exact) mass is 660 g/mol. The predicted molar refractivity (Wildman–Crippen MR) is 120 cm³/mol. The van der Waals surface area contributed by atoms with E-state index in [0.29, 0.717) is 10.0 Å². The smallest absolute Gasteiger partial charge is 0.550 e. The molecule has 184 valence electrons. The Kier molecular flexibility index (Phi) is 13.4. The molecule has 0 radical (unpaired) electrons. The number of aliphatic hydroxyl groups is 1. The summed E-state index contributed by atoms with van der Waals surface area (Å²) in [5.74, 6) is -4.64. The van der Waals surface area contributed by atoms with E-state index < -0.39 is 58.6 Å². The second-order valence-electron chi connectivity index (χ2n) is 7.39. The number of β-lactam (4-membered cyclic amide) rings is 1. The molecule has 0 saturated carbocycles. The normalized spacial score (nSPS) is 19.9. The van der Waals surface area contributed by atoms with E-state index in [9.17, 15) is 34.5 Å². The average Bonchev–Trinajstić information content (AvgIpc) is 3.33. The molecule has 18 heteroatoms. The Bertz CT molecular complexity index is 1220. The summed E-state index contributed by atoms with van der Waals surface area (Å²) in [4.78, 5) is 49.7. The van der Waals surface area contributed by atoms with Gasteiger partial charge in [0.2, 0.25) is 5.16 Å². The molecule has 0 aliphatic carbocycles. The molecule has 2 aromatic rings. The Balaban J connectivity index is 0.00000241. The van der Waals surface area contributed by atoms with Crippen molar-refractivity contribution in [1.29, 1.82) is 0 Å². The SMILES string of the molecule is O=C([O-])CC(Sc1nn[nH]n1)C1=C(C(=O)[O-])N2C(=O)C(NC(=O)C(O)c3cccc(Br)c3)[C@@H]2SC1.[K+].[K+]. The molecule has 0 spiro atoms. The number of carbonyl (C=O) groups is 4. The molecule has 1 fully saturated rings. The van der Waals surface area contributed by atoms with Crippen LogP contribution in [-0.4, -0.2) is 76.8 Å². The number of nitrogens with one attached hydrogen (secondary N) is 2. The van der Waals surface area contributed by atoms with E-state index in [4.69, 9.17) is 0 Å². The summed E-state index contributed by atoms with van der Waals surface area (Å²) in [6.07, 6.45) is -2.12. The molecular weight excluding hydrogens is 646 g/mol. The van der Waals surface area contributed by atoms with Gasteiger partial charge in [-0.2, -0.15) is 5.21 Å². The minimum absolute atomic E-state index is 0. The second kappa shape index (κ2) is 14.8. The first-order chi connectivity index (χ1) is 16.7. The third kappa shape index (κ3) is 7.75. The number of aromatic nitrogens is 4. The van der Waals surface area contributed by atoms with Gasteiger partial charge in [-0.05, 0) is 28.5 Å². The number of carbonyl (C=O) groups excluding carboxylic acids is 4. The number of nitrogens with zero attached hydrogens (tertiary/aromatic N) is 4. The van der Waals surface area contributed by atoms with Crippen molar-refractivity contribution in [2.45, 2.75) is 34.3 Å². The summed E-state index contributed by atoms with van der Waals surface area (Å²) in [6.45, 7) is 0. The topological polar surface area (TPSA) is 204 Å². The van der Waals surface area contributed by atoms with Gasteiger partial charge < -0.3 is 30.2 Å². The van der Waals surface area contributed by atoms with Gasteiger partial charge in [0.05, 0.1) is 11.7 Å². The van der Waals surface area contributed by atoms with Crippen LogP contribution in [0.2, 0.25) is 0 Å². The first kappa shape index (κ1) is 33.5. The second-order valence-corrected chi connectivity index (χ2v) is 10.6. The van der Waals surface area contributed by atoms with Crippen LogP contribution in [0.25, 0.3) is 0 Å². The van der Waals surface area contributed by atoms with Crippen molar-refractivity contribution in [3.8, 4) is 0 Å². The van der Waals surface area contributed by atoms with Gasteiger partial charge >= 0.3 is 103 Å². The number of H-pyrrole nitrogens is 1. The molecule has 4 rings (SSSR count). The van der Waals surface area contributed by atoms with Gasteiger partial charge in [-0.25, -0.2) is 0 Å². The maximum atomic E-state index is 12.9. The van der Waals surface area contributed by atoms with Crippen LogP contribution in [0.5, 0.6) is 0 Å². The number of hydrogen-bond donors (Lipinski definition) is 3. The fourth-order valence-electron chi connectivity index (χ4n) is 3.66. The van der Waals surface area contributed by atoms with Crippen LogP contribution in [0.15, 0.2) is 45.2 Å². The summed E-state index contributed by atoms with van der Waals surface area (Å²) >= 11 is 5.24. The molecule has 13 nitrogen and oxygen atoms in total. The largest absolute Gasteiger partial charge is 1.00 e. The van der Waals surface area contributed by atoms with E-state index >= 15 is 0 Å². The fraction of sp³-hybridized carbons (Fsp3) is 0.316. The summed E-state index contributed by atoms with van der Waals surface area (Å²) in [5.41, 5.74) is -0.0467. The summed E-state index contributed by atoms with van der Waals surface area (Å²) in [5, 5.41) is 47.6. The number of carboxylic acids is 2. The van der Waals surface area contributed by atoms with E-state index in [0.717, 1.165) is 28.4 Å². The van der Waals surface area contributed by atoms with Crippen LogP contribution >= 0.6 is 39.5 Å². The molecule has 1 saturated heterocycles. The maximum Gasteiger partial charge on any atom is 1.00 e. The Morgan fingerprint density at radius 2 is 2.05 bits per heavy atom. The molecule has 3 N–H and O–H groups in total. The van der Waals surface area contributed by atoms with Gasteiger partial charge in [0.15, 0.2) is 6.10 Å². The maximum absolute atomic E-state index is 12.9. The van der Waals surface area contributed by atoms with Crippen LogP contribution in [0.1, 0.15) is 18.1 Å². The number of aliphatic hydroxyl groups excluding tert-OH is 1. The molecular formula is C19H15BrK2N6O7S2. The Hall–Kier alpha value is 0.323. The first-order valence-electron chi connectivity index (χ1n) is 9.90. The van der Waals surface area contributed by atoms with Crippen molar-refractivity contribution in [2.75, 3.05) is 5.75 Å². The van der Waals surface area contributed by atoms with Crippen LogP contribution in [0, 0.1) is 0 Å². The van der Waals surface area contributed by atoms with Crippen molar-refractivity contribution < 1.29 is 137 Å². The number of fused-ring (bicyclic) bond motifs is 1. The number of rotatable bonds is 9. The standard InChI is InChI=1S/C19H17BrN6O7S2.2K/c20-8-3-1-2-7(4-8)14(29)15(30)21-12-16(31)26-13(18(32)33)9(6-34-17(12)26)10(5-11(27)28)35-19-22-24-25-23-19;;/h1-4,10,12,14,17,29H,5-6H2,(H,21,30)(H,27,28)(H,32,33)(H,22,23,24,25);;/q;2*+1/p-2/t10?,12?,14?,17-;;/m0../s1. The van der Waals surface area contributed by atoms with E-state index in [1.54, 1.807) is 24.3 Å². The molecule has 0 bridgehead atoms. The number of tetrazole rings is 1. The van der Waals surface area contributed by atoms with E-state index in [1.807, 2.05) is 0 Å². The first-order valence-corrected chi connectivity index (χ1v) is 12.6. The van der Waals surface area contributed by atoms with Gasteiger partial charge in [-0.3, -0.25) is 14.5 Å². The van der Waals surface area contributed by atoms with Gasteiger partial charge in [0.1, 0.15) is 11.4 Å². The van der Waals surface area contributed by atoms with Crippen LogP contribution in [0.4, 0.5) is 0 Å². The number of thioether (sulfide) groups is 2. The van der Waals surface area contributed by atoms with E-state index in [-0.39, 0.29) is 119 Å². The van der Waals surface area contributed by atoms with Gasteiger partial charge in [-0.1, -0.05) is 39.8 Å². The zero-order valence-corrected chi connectivity index (χ0v) is 28.9. The van der Waals surface area contributed by atoms with Crippen LogP contribution in [-0.2, 0) is 19.2 Å². The number of carboxylic acid groups (broad SMARTS) is 2. The Labute approximate surface area is 311 Å². The number of benzene rings is 1. The van der Waals surface area contributed by atoms with Crippen molar-refractivity contribution in [3.63, 3.8) is 0 Å². The molecule has 3 heterocycles. The molecule has 2 aliphatic rings. The molecule has 2 aliphatic heterocycles. The van der Waals surface area contributed by atoms with Gasteiger partial charge in [0, 0.05) is 27.9 Å². The molecule has 3 unspecified atom stereocenters. The van der Waals surface area contributed by atoms with Gasteiger partial charge in [0.25, 0.3) is 11.8 Å². The minimum Gasteiger partial charge on any atom is -0.550 e. The number of aliphatic carboxylic acids is 2. The zero-order valence-electron chi connectivity index (χ0n) is 19.4. The van der Waals surface area contributed by atoms with Crippen molar-refractivity contribution >= 4 is 63.2 Å². The minimum atomic E-state index is -1.67. The van der Waals surface area contributed by atoms with Crippen LogP contribution < -0.4 is 118 Å². The predicted octanol–water partition coefficient (Wildman–Crippen LogP) is -8.29. The quantitative estimate of drug-likeness (QED) is 0.130. The summed E-state index contributed by atoms with van der Waals surface area (Å²) < 4.78 is 0.650. The van der Waals surface area contributed by atoms with Gasteiger partial charge in [-0.15, -0.1) is 22.0 Å². The fourth-order valence-corrected chi connectivity index (χ4v) is 6.59. The molecule has 37 heavy (non-hydrogen) atoms. The zero-order chi connectivity index (χ0) is 25.3. The van der Waals surface area contributed by atoms with Crippen molar-refractivity contribution in [2.24, 2.45) is 0 Å². The Morgan fingerprint density at radius 1 is 1.32 bits per heavy atom. The number of hydrogen-bond acceptors (Lipinski definition) is 12. The number of aromatic amines is 1. The van der Waals surface area contributed by atoms with Crippen molar-refractivity contribution in [1.82, 2.24) is 30.8 Å². The number of amides is 2. The Morgan fingerprint density at radius 3 is 2.65 bits per heavy atom.